The van der Waals surface area contributed by atoms with Crippen molar-refractivity contribution < 1.29 is 4.74 Å². The van der Waals surface area contributed by atoms with Gasteiger partial charge in [0.15, 0.2) is 0 Å². The molecule has 0 aromatic heterocycles. The normalized spacial score (nSPS) is 20.9. The molecule has 1 aliphatic heterocycles. The van der Waals surface area contributed by atoms with Gasteiger partial charge in [0.05, 0.1) is 12.3 Å². The summed E-state index contributed by atoms with van der Waals surface area (Å²) in [4.78, 5) is 2.42. The average molecular weight is 269 g/mol. The van der Waals surface area contributed by atoms with E-state index in [-0.39, 0.29) is 0 Å². The van der Waals surface area contributed by atoms with Gasteiger partial charge in [0.2, 0.25) is 0 Å². The molecule has 3 nitrogen and oxygen atoms in total. The second-order valence-corrected chi connectivity index (χ2v) is 5.39. The lowest BCUT2D eigenvalue weighted by Crippen LogP contribution is -2.37. The lowest BCUT2D eigenvalue weighted by atomic mass is 10.0. The number of hydrogen-bond acceptors (Lipinski definition) is 3. The maximum Gasteiger partial charge on any atom is 0.143 e. The van der Waals surface area contributed by atoms with Crippen LogP contribution in [0.3, 0.4) is 0 Å². The fourth-order valence-electron chi connectivity index (χ4n) is 2.45. The largest absolute Gasteiger partial charge is 0.491 e. The number of nitrogens with zero attached hydrogens (tertiary/aromatic N) is 1. The number of halogens is 1. The van der Waals surface area contributed by atoms with E-state index in [9.17, 15) is 0 Å². The van der Waals surface area contributed by atoms with Crippen molar-refractivity contribution in [3.8, 4) is 5.75 Å². The van der Waals surface area contributed by atoms with Crippen LogP contribution in [-0.4, -0.2) is 31.1 Å². The molecule has 2 N–H and O–H groups in total. The molecule has 1 aromatic carbocycles. The minimum absolute atomic E-state index is 0.638. The van der Waals surface area contributed by atoms with Crippen molar-refractivity contribution in [1.29, 1.82) is 0 Å². The molecule has 100 valence electrons. The van der Waals surface area contributed by atoms with Crippen LogP contribution in [0.25, 0.3) is 0 Å². The number of nitrogen functional groups attached to an aromatic ring is 1. The number of benzene rings is 1. The SMILES string of the molecule is CN1CCCCC1CCOc1cc(Cl)ccc1N. The fourth-order valence-corrected chi connectivity index (χ4v) is 2.61. The van der Waals surface area contributed by atoms with Gasteiger partial charge in [0, 0.05) is 17.1 Å². The second-order valence-electron chi connectivity index (χ2n) is 4.95. The van der Waals surface area contributed by atoms with Crippen molar-refractivity contribution in [1.82, 2.24) is 4.90 Å². The van der Waals surface area contributed by atoms with Gasteiger partial charge < -0.3 is 15.4 Å². The molecule has 1 atom stereocenters. The summed E-state index contributed by atoms with van der Waals surface area (Å²) in [7, 11) is 2.19. The molecule has 1 saturated heterocycles. The topological polar surface area (TPSA) is 38.5 Å². The van der Waals surface area contributed by atoms with Crippen molar-refractivity contribution in [2.75, 3.05) is 25.9 Å². The van der Waals surface area contributed by atoms with Gasteiger partial charge in [-0.05, 0) is 45.0 Å². The zero-order valence-corrected chi connectivity index (χ0v) is 11.6. The highest BCUT2D eigenvalue weighted by molar-refractivity contribution is 6.30. The van der Waals surface area contributed by atoms with E-state index in [1.54, 1.807) is 18.2 Å². The fraction of sp³-hybridized carbons (Fsp3) is 0.571. The van der Waals surface area contributed by atoms with Crippen LogP contribution >= 0.6 is 11.6 Å². The molecule has 1 aliphatic rings. The highest BCUT2D eigenvalue weighted by Crippen LogP contribution is 2.26. The van der Waals surface area contributed by atoms with Crippen LogP contribution in [0.2, 0.25) is 5.02 Å². The van der Waals surface area contributed by atoms with Gasteiger partial charge in [0.1, 0.15) is 5.75 Å². The summed E-state index contributed by atoms with van der Waals surface area (Å²) in [6, 6.07) is 5.98. The van der Waals surface area contributed by atoms with E-state index < -0.39 is 0 Å². The van der Waals surface area contributed by atoms with Crippen molar-refractivity contribution in [2.24, 2.45) is 0 Å². The van der Waals surface area contributed by atoms with E-state index in [4.69, 9.17) is 22.1 Å². The molecule has 4 heteroatoms. The maximum atomic E-state index is 5.92. The lowest BCUT2D eigenvalue weighted by molar-refractivity contribution is 0.153. The molecule has 0 saturated carbocycles. The van der Waals surface area contributed by atoms with Crippen LogP contribution < -0.4 is 10.5 Å². The Hall–Kier alpha value is -0.930. The standard InChI is InChI=1S/C14H21ClN2O/c1-17-8-3-2-4-12(17)7-9-18-14-10-11(15)5-6-13(14)16/h5-6,10,12H,2-4,7-9,16H2,1H3. The Morgan fingerprint density at radius 1 is 1.44 bits per heavy atom. The van der Waals surface area contributed by atoms with Crippen LogP contribution in [0, 0.1) is 0 Å². The highest BCUT2D eigenvalue weighted by Gasteiger charge is 2.18. The number of likely N-dealkylation sites (tertiary alicyclic amines) is 1. The molecule has 0 spiro atoms. The first-order chi connectivity index (χ1) is 8.66. The molecule has 0 bridgehead atoms. The Morgan fingerprint density at radius 3 is 3.06 bits per heavy atom. The molecule has 18 heavy (non-hydrogen) atoms. The minimum atomic E-state index is 0.638. The van der Waals surface area contributed by atoms with Crippen LogP contribution in [0.1, 0.15) is 25.7 Å². The van der Waals surface area contributed by atoms with Crippen LogP contribution in [-0.2, 0) is 0 Å². The van der Waals surface area contributed by atoms with Crippen molar-refractivity contribution in [2.45, 2.75) is 31.7 Å². The van der Waals surface area contributed by atoms with E-state index in [1.165, 1.54) is 25.8 Å². The first-order valence-corrected chi connectivity index (χ1v) is 6.92. The lowest BCUT2D eigenvalue weighted by Gasteiger charge is -2.32. The van der Waals surface area contributed by atoms with Gasteiger partial charge in [-0.25, -0.2) is 0 Å². The Labute approximate surface area is 114 Å². The quantitative estimate of drug-likeness (QED) is 0.853. The van der Waals surface area contributed by atoms with Crippen molar-refractivity contribution >= 4 is 17.3 Å². The Kier molecular flexibility index (Phi) is 4.72. The van der Waals surface area contributed by atoms with E-state index in [0.717, 1.165) is 6.42 Å². The maximum absolute atomic E-state index is 5.92. The Bertz CT molecular complexity index is 397. The number of rotatable bonds is 4. The summed E-state index contributed by atoms with van der Waals surface area (Å²) in [5.74, 6) is 0.695. The van der Waals surface area contributed by atoms with Crippen LogP contribution in [0.4, 0.5) is 5.69 Å². The number of ether oxygens (including phenoxy) is 1. The van der Waals surface area contributed by atoms with Crippen LogP contribution in [0.5, 0.6) is 5.75 Å². The third kappa shape index (κ3) is 3.53. The molecule has 0 radical (unpaired) electrons. The molecule has 1 aromatic rings. The Morgan fingerprint density at radius 2 is 2.28 bits per heavy atom. The summed E-state index contributed by atoms with van der Waals surface area (Å²) in [5.41, 5.74) is 6.49. The van der Waals surface area contributed by atoms with Gasteiger partial charge in [-0.1, -0.05) is 18.0 Å². The van der Waals surface area contributed by atoms with Gasteiger partial charge in [-0.3, -0.25) is 0 Å². The predicted molar refractivity (Wildman–Crippen MR) is 76.2 cm³/mol. The third-order valence-electron chi connectivity index (χ3n) is 3.61. The number of anilines is 1. The summed E-state index contributed by atoms with van der Waals surface area (Å²) < 4.78 is 5.73. The summed E-state index contributed by atoms with van der Waals surface area (Å²) in [5, 5.41) is 0.661. The van der Waals surface area contributed by atoms with Crippen molar-refractivity contribution in [3.05, 3.63) is 23.2 Å². The number of hydrogen-bond donors (Lipinski definition) is 1. The predicted octanol–water partition coefficient (Wildman–Crippen LogP) is 3.18. The van der Waals surface area contributed by atoms with E-state index in [0.29, 0.717) is 29.1 Å². The van der Waals surface area contributed by atoms with Crippen molar-refractivity contribution in [3.63, 3.8) is 0 Å². The molecule has 0 aliphatic carbocycles. The molecule has 1 heterocycles. The molecule has 0 amide bonds. The highest BCUT2D eigenvalue weighted by atomic mass is 35.5. The van der Waals surface area contributed by atoms with E-state index >= 15 is 0 Å². The molecule has 1 unspecified atom stereocenters. The van der Waals surface area contributed by atoms with Gasteiger partial charge in [-0.15, -0.1) is 0 Å². The van der Waals surface area contributed by atoms with Gasteiger partial charge in [0.25, 0.3) is 0 Å². The summed E-state index contributed by atoms with van der Waals surface area (Å²) in [6.07, 6.45) is 4.96. The van der Waals surface area contributed by atoms with Crippen LogP contribution in [0.15, 0.2) is 18.2 Å². The molecular weight excluding hydrogens is 248 g/mol. The van der Waals surface area contributed by atoms with E-state index in [1.807, 2.05) is 0 Å². The zero-order valence-electron chi connectivity index (χ0n) is 10.9. The third-order valence-corrected chi connectivity index (χ3v) is 3.84. The molecule has 1 fully saturated rings. The smallest absolute Gasteiger partial charge is 0.143 e. The first-order valence-electron chi connectivity index (χ1n) is 6.55. The number of piperidine rings is 1. The Balaban J connectivity index is 1.82. The monoisotopic (exact) mass is 268 g/mol. The summed E-state index contributed by atoms with van der Waals surface area (Å²) in [6.45, 7) is 1.89. The zero-order chi connectivity index (χ0) is 13.0. The minimum Gasteiger partial charge on any atom is -0.491 e. The number of nitrogens with two attached hydrogens (primary N) is 1. The average Bonchev–Trinajstić information content (AvgIpc) is 2.36. The first kappa shape index (κ1) is 13.5. The summed E-state index contributed by atoms with van der Waals surface area (Å²) >= 11 is 5.92. The molecule has 2 rings (SSSR count). The second kappa shape index (κ2) is 6.30. The van der Waals surface area contributed by atoms with Gasteiger partial charge >= 0.3 is 0 Å². The van der Waals surface area contributed by atoms with Gasteiger partial charge in [-0.2, -0.15) is 0 Å². The molecular formula is C14H21ClN2O. The van der Waals surface area contributed by atoms with E-state index in [2.05, 4.69) is 11.9 Å².